The first kappa shape index (κ1) is 9.59. The van der Waals surface area contributed by atoms with Crippen LogP contribution >= 0.6 is 11.5 Å². The molecule has 1 aromatic heterocycles. The summed E-state index contributed by atoms with van der Waals surface area (Å²) in [6.45, 7) is 0. The zero-order chi connectivity index (χ0) is 11.0. The summed E-state index contributed by atoms with van der Waals surface area (Å²) in [5.74, 6) is 2.24. The molecule has 16 heavy (non-hydrogen) atoms. The average molecular weight is 233 g/mol. The molecule has 0 atom stereocenters. The topological polar surface area (TPSA) is 61.0 Å². The molecule has 0 amide bonds. The SMILES string of the molecule is Nc1ccc(Oc2nc(C3CC3)ns2)cc1. The van der Waals surface area contributed by atoms with Crippen LogP contribution in [0.4, 0.5) is 5.69 Å². The Hall–Kier alpha value is -1.62. The molecule has 1 aliphatic rings. The molecule has 1 aromatic carbocycles. The van der Waals surface area contributed by atoms with E-state index in [2.05, 4.69) is 9.36 Å². The van der Waals surface area contributed by atoms with E-state index in [1.807, 2.05) is 12.1 Å². The number of ether oxygens (including phenoxy) is 1. The number of nitrogen functional groups attached to an aromatic ring is 1. The summed E-state index contributed by atoms with van der Waals surface area (Å²) in [6.07, 6.45) is 2.41. The van der Waals surface area contributed by atoms with Crippen molar-refractivity contribution in [3.63, 3.8) is 0 Å². The predicted octanol–water partition coefficient (Wildman–Crippen LogP) is 2.79. The Morgan fingerprint density at radius 3 is 2.69 bits per heavy atom. The van der Waals surface area contributed by atoms with E-state index in [0.29, 0.717) is 11.1 Å². The number of aromatic nitrogens is 2. The third kappa shape index (κ3) is 1.99. The van der Waals surface area contributed by atoms with Gasteiger partial charge in [-0.2, -0.15) is 9.36 Å². The summed E-state index contributed by atoms with van der Waals surface area (Å²) < 4.78 is 9.85. The first-order chi connectivity index (χ1) is 7.81. The Labute approximate surface area is 97.3 Å². The van der Waals surface area contributed by atoms with Gasteiger partial charge in [0.1, 0.15) is 11.6 Å². The highest BCUT2D eigenvalue weighted by Gasteiger charge is 2.28. The molecule has 4 nitrogen and oxygen atoms in total. The summed E-state index contributed by atoms with van der Waals surface area (Å²) in [5.41, 5.74) is 6.32. The third-order valence-corrected chi connectivity index (χ3v) is 3.06. The summed E-state index contributed by atoms with van der Waals surface area (Å²) in [5, 5.41) is 0.603. The third-order valence-electron chi connectivity index (χ3n) is 2.45. The number of hydrogen-bond acceptors (Lipinski definition) is 5. The largest absolute Gasteiger partial charge is 0.430 e. The van der Waals surface area contributed by atoms with Gasteiger partial charge in [-0.25, -0.2) is 0 Å². The molecule has 1 saturated carbocycles. The van der Waals surface area contributed by atoms with E-state index in [-0.39, 0.29) is 0 Å². The van der Waals surface area contributed by atoms with E-state index in [1.54, 1.807) is 12.1 Å². The average Bonchev–Trinajstić information content (AvgIpc) is 3.04. The molecule has 0 radical (unpaired) electrons. The quantitative estimate of drug-likeness (QED) is 0.828. The molecule has 5 heteroatoms. The zero-order valence-corrected chi connectivity index (χ0v) is 9.41. The molecule has 2 N–H and O–H groups in total. The van der Waals surface area contributed by atoms with Crippen molar-refractivity contribution < 1.29 is 4.74 Å². The van der Waals surface area contributed by atoms with Gasteiger partial charge in [-0.15, -0.1) is 0 Å². The molecule has 0 unspecified atom stereocenters. The zero-order valence-electron chi connectivity index (χ0n) is 8.59. The van der Waals surface area contributed by atoms with Crippen LogP contribution in [0.3, 0.4) is 0 Å². The van der Waals surface area contributed by atoms with Gasteiger partial charge in [-0.3, -0.25) is 0 Å². The second-order valence-corrected chi connectivity index (χ2v) is 4.58. The fraction of sp³-hybridized carbons (Fsp3) is 0.273. The van der Waals surface area contributed by atoms with Crippen molar-refractivity contribution in [1.82, 2.24) is 9.36 Å². The lowest BCUT2D eigenvalue weighted by molar-refractivity contribution is 0.477. The minimum absolute atomic E-state index is 0.569. The van der Waals surface area contributed by atoms with Crippen LogP contribution < -0.4 is 10.5 Å². The van der Waals surface area contributed by atoms with E-state index in [9.17, 15) is 0 Å². The van der Waals surface area contributed by atoms with E-state index >= 15 is 0 Å². The summed E-state index contributed by atoms with van der Waals surface area (Å²) in [4.78, 5) is 4.34. The van der Waals surface area contributed by atoms with Crippen LogP contribution in [0.15, 0.2) is 24.3 Å². The minimum atomic E-state index is 0.569. The van der Waals surface area contributed by atoms with Gasteiger partial charge in [-0.1, -0.05) is 0 Å². The molecular formula is C11H11N3OS. The molecule has 1 aliphatic carbocycles. The van der Waals surface area contributed by atoms with Gasteiger partial charge in [0.2, 0.25) is 0 Å². The van der Waals surface area contributed by atoms with E-state index in [4.69, 9.17) is 10.5 Å². The molecule has 3 rings (SSSR count). The van der Waals surface area contributed by atoms with Crippen LogP contribution in [0.1, 0.15) is 24.6 Å². The van der Waals surface area contributed by atoms with Crippen LogP contribution in [0.5, 0.6) is 10.9 Å². The van der Waals surface area contributed by atoms with Crippen LogP contribution in [0, 0.1) is 0 Å². The van der Waals surface area contributed by atoms with E-state index in [0.717, 1.165) is 17.3 Å². The number of nitrogens with zero attached hydrogens (tertiary/aromatic N) is 2. The first-order valence-corrected chi connectivity index (χ1v) is 5.95. The lowest BCUT2D eigenvalue weighted by Crippen LogP contribution is -1.87. The van der Waals surface area contributed by atoms with Crippen molar-refractivity contribution in [3.05, 3.63) is 30.1 Å². The number of rotatable bonds is 3. The van der Waals surface area contributed by atoms with Gasteiger partial charge in [0.05, 0.1) is 0 Å². The van der Waals surface area contributed by atoms with Gasteiger partial charge >= 0.3 is 0 Å². The van der Waals surface area contributed by atoms with Gasteiger partial charge in [-0.05, 0) is 37.1 Å². The van der Waals surface area contributed by atoms with Gasteiger partial charge in [0.15, 0.2) is 0 Å². The molecular weight excluding hydrogens is 222 g/mol. The van der Waals surface area contributed by atoms with Crippen LogP contribution in [0.25, 0.3) is 0 Å². The Bertz CT molecular complexity index is 490. The number of anilines is 1. The molecule has 82 valence electrons. The molecule has 0 saturated heterocycles. The number of nitrogens with two attached hydrogens (primary N) is 1. The number of hydrogen-bond donors (Lipinski definition) is 1. The summed E-state index contributed by atoms with van der Waals surface area (Å²) in [7, 11) is 0. The standard InChI is InChI=1S/C11H11N3OS/c12-8-3-5-9(6-4-8)15-11-13-10(14-16-11)7-1-2-7/h3-7H,1-2,12H2. The maximum atomic E-state index is 5.59. The maximum absolute atomic E-state index is 5.59. The fourth-order valence-electron chi connectivity index (χ4n) is 1.41. The Morgan fingerprint density at radius 1 is 1.25 bits per heavy atom. The monoisotopic (exact) mass is 233 g/mol. The van der Waals surface area contributed by atoms with Crippen molar-refractivity contribution in [3.8, 4) is 10.9 Å². The lowest BCUT2D eigenvalue weighted by atomic mass is 10.3. The van der Waals surface area contributed by atoms with Crippen molar-refractivity contribution in [2.45, 2.75) is 18.8 Å². The molecule has 0 bridgehead atoms. The fourth-order valence-corrected chi connectivity index (χ4v) is 2.04. The van der Waals surface area contributed by atoms with Crippen LogP contribution in [0.2, 0.25) is 0 Å². The number of benzene rings is 1. The lowest BCUT2D eigenvalue weighted by Gasteiger charge is -2.00. The molecule has 1 fully saturated rings. The Kier molecular flexibility index (Phi) is 2.25. The van der Waals surface area contributed by atoms with E-state index < -0.39 is 0 Å². The Balaban J connectivity index is 1.75. The van der Waals surface area contributed by atoms with Crippen LogP contribution in [-0.2, 0) is 0 Å². The molecule has 1 heterocycles. The summed E-state index contributed by atoms with van der Waals surface area (Å²) >= 11 is 1.30. The Morgan fingerprint density at radius 2 is 2.00 bits per heavy atom. The molecule has 0 spiro atoms. The van der Waals surface area contributed by atoms with Crippen molar-refractivity contribution in [2.24, 2.45) is 0 Å². The van der Waals surface area contributed by atoms with Crippen molar-refractivity contribution in [1.29, 1.82) is 0 Å². The van der Waals surface area contributed by atoms with E-state index in [1.165, 1.54) is 24.4 Å². The minimum Gasteiger partial charge on any atom is -0.430 e. The predicted molar refractivity (Wildman–Crippen MR) is 62.8 cm³/mol. The van der Waals surface area contributed by atoms with Crippen LogP contribution in [-0.4, -0.2) is 9.36 Å². The smallest absolute Gasteiger partial charge is 0.298 e. The van der Waals surface area contributed by atoms with Crippen molar-refractivity contribution in [2.75, 3.05) is 5.73 Å². The maximum Gasteiger partial charge on any atom is 0.298 e. The van der Waals surface area contributed by atoms with Gasteiger partial charge < -0.3 is 10.5 Å². The second kappa shape index (κ2) is 3.75. The molecule has 2 aromatic rings. The van der Waals surface area contributed by atoms with Gasteiger partial charge in [0, 0.05) is 23.1 Å². The summed E-state index contributed by atoms with van der Waals surface area (Å²) in [6, 6.07) is 7.26. The second-order valence-electron chi connectivity index (χ2n) is 3.86. The highest BCUT2D eigenvalue weighted by atomic mass is 32.1. The molecule has 0 aliphatic heterocycles. The normalized spacial score (nSPS) is 15.0. The first-order valence-electron chi connectivity index (χ1n) is 5.18. The highest BCUT2D eigenvalue weighted by Crippen LogP contribution is 2.40. The highest BCUT2D eigenvalue weighted by molar-refractivity contribution is 7.07. The van der Waals surface area contributed by atoms with Gasteiger partial charge in [0.25, 0.3) is 5.19 Å². The van der Waals surface area contributed by atoms with Crippen molar-refractivity contribution >= 4 is 17.2 Å².